The smallest absolute Gasteiger partial charge is 0.185 e. The highest BCUT2D eigenvalue weighted by Gasteiger charge is 2.23. The molecule has 0 aromatic carbocycles. The van der Waals surface area contributed by atoms with E-state index in [4.69, 9.17) is 4.42 Å². The highest BCUT2D eigenvalue weighted by molar-refractivity contribution is 5.97. The van der Waals surface area contributed by atoms with E-state index in [-0.39, 0.29) is 5.78 Å². The molecule has 0 unspecified atom stereocenters. The van der Waals surface area contributed by atoms with Crippen LogP contribution < -0.4 is 0 Å². The van der Waals surface area contributed by atoms with E-state index in [1.54, 1.807) is 0 Å². The second kappa shape index (κ2) is 1.43. The summed E-state index contributed by atoms with van der Waals surface area (Å²) in [5.74, 6) is 0.860. The van der Waals surface area contributed by atoms with Crippen LogP contribution in [0, 0.1) is 0 Å². The van der Waals surface area contributed by atoms with Gasteiger partial charge < -0.3 is 4.42 Å². The molecule has 2 rings (SSSR count). The molecule has 0 bridgehead atoms. The van der Waals surface area contributed by atoms with Crippen molar-refractivity contribution in [2.45, 2.75) is 12.8 Å². The van der Waals surface area contributed by atoms with Crippen molar-refractivity contribution in [1.29, 1.82) is 0 Å². The summed E-state index contributed by atoms with van der Waals surface area (Å²) < 4.78 is 4.91. The van der Waals surface area contributed by atoms with Gasteiger partial charge in [0.1, 0.15) is 11.5 Å². The molecule has 0 amide bonds. The first kappa shape index (κ1) is 4.73. The van der Waals surface area contributed by atoms with Crippen molar-refractivity contribution in [1.82, 2.24) is 4.98 Å². The minimum absolute atomic E-state index is 0.110. The van der Waals surface area contributed by atoms with Gasteiger partial charge in [-0.05, 0) is 0 Å². The van der Waals surface area contributed by atoms with Gasteiger partial charge in [-0.1, -0.05) is 0 Å². The summed E-state index contributed by atoms with van der Waals surface area (Å²) in [6, 6.07) is 0. The second-order valence-corrected chi connectivity index (χ2v) is 2.05. The summed E-state index contributed by atoms with van der Waals surface area (Å²) in [6.45, 7) is 0. The normalized spacial score (nSPS) is 16.2. The van der Waals surface area contributed by atoms with Gasteiger partial charge in [-0.2, -0.15) is 0 Å². The van der Waals surface area contributed by atoms with Crippen molar-refractivity contribution in [2.24, 2.45) is 0 Å². The Kier molecular flexibility index (Phi) is 0.754. The van der Waals surface area contributed by atoms with Gasteiger partial charge in [0.05, 0.1) is 0 Å². The summed E-state index contributed by atoms with van der Waals surface area (Å²) in [5.41, 5.74) is 0.537. The number of ketones is 1. The van der Waals surface area contributed by atoms with Crippen LogP contribution >= 0.6 is 0 Å². The molecule has 3 heteroatoms. The summed E-state index contributed by atoms with van der Waals surface area (Å²) in [5, 5.41) is 0. The molecule has 9 heavy (non-hydrogen) atoms. The molecule has 1 aromatic rings. The maximum Gasteiger partial charge on any atom is 0.185 e. The molecule has 0 N–H and O–H groups in total. The fraction of sp³-hybridized carbons (Fsp3) is 0.333. The van der Waals surface area contributed by atoms with Crippen molar-refractivity contribution >= 4 is 5.78 Å². The van der Waals surface area contributed by atoms with Gasteiger partial charge in [0.2, 0.25) is 0 Å². The van der Waals surface area contributed by atoms with E-state index in [0.29, 0.717) is 12.1 Å². The van der Waals surface area contributed by atoms with Crippen LogP contribution in [0.15, 0.2) is 10.8 Å². The number of Topliss-reactive ketones (excluding diaryl/α,β-unsaturated/α-hetero) is 1. The number of hydrogen-bond acceptors (Lipinski definition) is 3. The third-order valence-electron chi connectivity index (χ3n) is 1.48. The maximum absolute atomic E-state index is 10.8. The van der Waals surface area contributed by atoms with E-state index in [2.05, 4.69) is 4.98 Å². The fourth-order valence-corrected chi connectivity index (χ4v) is 1.02. The van der Waals surface area contributed by atoms with Gasteiger partial charge in [0, 0.05) is 12.8 Å². The lowest BCUT2D eigenvalue weighted by Crippen LogP contribution is -1.90. The molecule has 0 saturated carbocycles. The lowest BCUT2D eigenvalue weighted by molar-refractivity contribution is 0.0990. The third-order valence-corrected chi connectivity index (χ3v) is 1.48. The molecule has 0 atom stereocenters. The Morgan fingerprint density at radius 3 is 3.22 bits per heavy atom. The SMILES string of the molecule is O=C1CCc2ocnc21. The van der Waals surface area contributed by atoms with Crippen molar-refractivity contribution in [3.63, 3.8) is 0 Å². The number of hydrogen-bond donors (Lipinski definition) is 0. The van der Waals surface area contributed by atoms with E-state index in [0.717, 1.165) is 12.2 Å². The van der Waals surface area contributed by atoms with Crippen molar-refractivity contribution in [3.05, 3.63) is 17.8 Å². The maximum atomic E-state index is 10.8. The van der Waals surface area contributed by atoms with Crippen LogP contribution in [0.1, 0.15) is 22.7 Å². The number of rotatable bonds is 0. The number of aromatic nitrogens is 1. The molecule has 0 saturated heterocycles. The summed E-state index contributed by atoms with van der Waals surface area (Å²) in [4.78, 5) is 14.6. The lowest BCUT2D eigenvalue weighted by Gasteiger charge is -1.76. The molecule has 1 heterocycles. The Balaban J connectivity index is 2.61. The molecule has 1 aromatic heterocycles. The van der Waals surface area contributed by atoms with Gasteiger partial charge >= 0.3 is 0 Å². The standard InChI is InChI=1S/C6H5NO2/c8-4-1-2-5-6(4)7-3-9-5/h3H,1-2H2. The van der Waals surface area contributed by atoms with Crippen LogP contribution in [0.25, 0.3) is 0 Å². The minimum Gasteiger partial charge on any atom is -0.448 e. The van der Waals surface area contributed by atoms with Gasteiger partial charge in [0.15, 0.2) is 12.2 Å². The van der Waals surface area contributed by atoms with Crippen LogP contribution in [0.2, 0.25) is 0 Å². The quantitative estimate of drug-likeness (QED) is 0.512. The first-order valence-corrected chi connectivity index (χ1v) is 2.83. The number of carbonyl (C=O) groups excluding carboxylic acids is 1. The molecule has 0 spiro atoms. The predicted octanol–water partition coefficient (Wildman–Crippen LogP) is 0.803. The molecule has 1 aliphatic carbocycles. The Hall–Kier alpha value is -1.12. The van der Waals surface area contributed by atoms with Crippen LogP contribution in [0.3, 0.4) is 0 Å². The van der Waals surface area contributed by atoms with E-state index in [1.807, 2.05) is 0 Å². The number of aryl methyl sites for hydroxylation is 1. The number of nitrogens with zero attached hydrogens (tertiary/aromatic N) is 1. The fourth-order valence-electron chi connectivity index (χ4n) is 1.02. The van der Waals surface area contributed by atoms with Crippen LogP contribution in [-0.2, 0) is 6.42 Å². The summed E-state index contributed by atoms with van der Waals surface area (Å²) in [7, 11) is 0. The zero-order chi connectivity index (χ0) is 6.27. The minimum atomic E-state index is 0.110. The topological polar surface area (TPSA) is 43.1 Å². The Morgan fingerprint density at radius 1 is 1.56 bits per heavy atom. The van der Waals surface area contributed by atoms with Gasteiger partial charge in [0.25, 0.3) is 0 Å². The molecular weight excluding hydrogens is 118 g/mol. The van der Waals surface area contributed by atoms with Gasteiger partial charge in [-0.15, -0.1) is 0 Å². The Labute approximate surface area is 51.7 Å². The third kappa shape index (κ3) is 0.512. The molecular formula is C6H5NO2. The molecule has 1 aliphatic rings. The lowest BCUT2D eigenvalue weighted by atomic mass is 10.3. The van der Waals surface area contributed by atoms with Crippen molar-refractivity contribution < 1.29 is 9.21 Å². The first-order valence-electron chi connectivity index (χ1n) is 2.83. The zero-order valence-electron chi connectivity index (χ0n) is 4.76. The molecule has 0 fully saturated rings. The predicted molar refractivity (Wildman–Crippen MR) is 29.2 cm³/mol. The number of oxazole rings is 1. The van der Waals surface area contributed by atoms with Crippen LogP contribution in [0.5, 0.6) is 0 Å². The van der Waals surface area contributed by atoms with Crippen molar-refractivity contribution in [3.8, 4) is 0 Å². The highest BCUT2D eigenvalue weighted by Crippen LogP contribution is 2.18. The molecule has 46 valence electrons. The van der Waals surface area contributed by atoms with E-state index in [1.165, 1.54) is 6.39 Å². The van der Waals surface area contributed by atoms with Crippen LogP contribution in [0.4, 0.5) is 0 Å². The number of fused-ring (bicyclic) bond motifs is 1. The Morgan fingerprint density at radius 2 is 2.44 bits per heavy atom. The molecule has 0 radical (unpaired) electrons. The van der Waals surface area contributed by atoms with Crippen LogP contribution in [-0.4, -0.2) is 10.8 Å². The second-order valence-electron chi connectivity index (χ2n) is 2.05. The van der Waals surface area contributed by atoms with E-state index >= 15 is 0 Å². The van der Waals surface area contributed by atoms with Gasteiger partial charge in [-0.3, -0.25) is 4.79 Å². The first-order chi connectivity index (χ1) is 4.38. The van der Waals surface area contributed by atoms with E-state index < -0.39 is 0 Å². The van der Waals surface area contributed by atoms with E-state index in [9.17, 15) is 4.79 Å². The van der Waals surface area contributed by atoms with Crippen molar-refractivity contribution in [2.75, 3.05) is 0 Å². The largest absolute Gasteiger partial charge is 0.448 e. The number of carbonyl (C=O) groups is 1. The average Bonchev–Trinajstić information content (AvgIpc) is 2.35. The monoisotopic (exact) mass is 123 g/mol. The molecule has 0 aliphatic heterocycles. The summed E-state index contributed by atoms with van der Waals surface area (Å²) in [6.07, 6.45) is 2.62. The zero-order valence-corrected chi connectivity index (χ0v) is 4.76. The summed E-state index contributed by atoms with van der Waals surface area (Å²) >= 11 is 0. The molecule has 3 nitrogen and oxygen atoms in total. The van der Waals surface area contributed by atoms with Gasteiger partial charge in [-0.25, -0.2) is 4.98 Å². The Bertz CT molecular complexity index is 251. The highest BCUT2D eigenvalue weighted by atomic mass is 16.3. The average molecular weight is 123 g/mol.